The van der Waals surface area contributed by atoms with Crippen molar-refractivity contribution in [3.8, 4) is 0 Å². The second kappa shape index (κ2) is 3.74. The summed E-state index contributed by atoms with van der Waals surface area (Å²) in [5, 5.41) is 6.40. The number of benzene rings is 1. The van der Waals surface area contributed by atoms with Crippen molar-refractivity contribution in [3.05, 3.63) is 47.8 Å². The largest absolute Gasteiger partial charge is 0.285 e. The Labute approximate surface area is 101 Å². The average Bonchev–Trinajstić information content (AvgIpc) is 2.94. The van der Waals surface area contributed by atoms with Gasteiger partial charge >= 0.3 is 0 Å². The smallest absolute Gasteiger partial charge is 0.272 e. The van der Waals surface area contributed by atoms with Crippen molar-refractivity contribution >= 4 is 23.8 Å². The molecule has 3 rings (SSSR count). The number of aromatic nitrogens is 2. The lowest BCUT2D eigenvalue weighted by molar-refractivity contribution is 0.0777. The number of nitrogens with zero attached hydrogens (tertiary/aromatic N) is 2. The van der Waals surface area contributed by atoms with E-state index in [9.17, 15) is 9.59 Å². The van der Waals surface area contributed by atoms with Gasteiger partial charge in [-0.3, -0.25) is 14.7 Å². The summed E-state index contributed by atoms with van der Waals surface area (Å²) < 4.78 is 1.15. The van der Waals surface area contributed by atoms with Crippen molar-refractivity contribution in [1.82, 2.24) is 14.5 Å². The van der Waals surface area contributed by atoms with Crippen LogP contribution in [-0.4, -0.2) is 26.3 Å². The fourth-order valence-electron chi connectivity index (χ4n) is 1.64. The summed E-state index contributed by atoms with van der Waals surface area (Å²) in [6.45, 7) is 0. The van der Waals surface area contributed by atoms with Crippen LogP contribution in [0, 0.1) is 0 Å². The minimum Gasteiger partial charge on any atom is -0.285 e. The van der Waals surface area contributed by atoms with Crippen LogP contribution in [0.15, 0.2) is 41.6 Å². The van der Waals surface area contributed by atoms with E-state index in [4.69, 9.17) is 0 Å². The molecule has 0 saturated heterocycles. The van der Waals surface area contributed by atoms with E-state index < -0.39 is 0 Å². The fraction of sp³-hybridized carbons (Fsp3) is 0. The monoisotopic (exact) mass is 245 g/mol. The molecule has 2 amide bonds. The molecule has 2 aromatic rings. The minimum absolute atomic E-state index is 0.281. The van der Waals surface area contributed by atoms with Crippen LogP contribution in [-0.2, 0) is 0 Å². The Bertz CT molecular complexity index is 560. The molecule has 0 spiro atoms. The van der Waals surface area contributed by atoms with E-state index in [1.807, 2.05) is 0 Å². The number of fused-ring (bicyclic) bond motifs is 1. The van der Waals surface area contributed by atoms with Crippen LogP contribution < -0.4 is 0 Å². The van der Waals surface area contributed by atoms with E-state index >= 15 is 0 Å². The third-order valence-corrected chi connectivity index (χ3v) is 3.37. The van der Waals surface area contributed by atoms with Crippen molar-refractivity contribution in [2.75, 3.05) is 0 Å². The maximum absolute atomic E-state index is 12.0. The van der Waals surface area contributed by atoms with Crippen LogP contribution >= 0.6 is 11.9 Å². The van der Waals surface area contributed by atoms with E-state index in [-0.39, 0.29) is 11.8 Å². The third kappa shape index (κ3) is 1.53. The van der Waals surface area contributed by atoms with E-state index in [0.29, 0.717) is 11.1 Å². The number of carbonyl (C=O) groups excluding carboxylic acids is 2. The van der Waals surface area contributed by atoms with Crippen molar-refractivity contribution in [2.45, 2.75) is 4.90 Å². The van der Waals surface area contributed by atoms with Gasteiger partial charge in [0.25, 0.3) is 11.8 Å². The molecule has 1 aliphatic rings. The van der Waals surface area contributed by atoms with Gasteiger partial charge in [0, 0.05) is 18.1 Å². The predicted molar refractivity (Wildman–Crippen MR) is 61.4 cm³/mol. The highest BCUT2D eigenvalue weighted by molar-refractivity contribution is 7.98. The standard InChI is InChI=1S/C11H7N3O2S/c15-10-8-3-1-2-4-9(8)11(16)14(10)17-7-5-12-13-6-7/h1-6H,(H,12,13). The molecule has 0 radical (unpaired) electrons. The first-order chi connectivity index (χ1) is 8.27. The Morgan fingerprint density at radius 1 is 1.12 bits per heavy atom. The number of hydrogen-bond acceptors (Lipinski definition) is 4. The van der Waals surface area contributed by atoms with Gasteiger partial charge in [-0.2, -0.15) is 5.10 Å². The first-order valence-electron chi connectivity index (χ1n) is 4.92. The lowest BCUT2D eigenvalue weighted by Gasteiger charge is -2.09. The molecule has 0 unspecified atom stereocenters. The number of rotatable bonds is 2. The van der Waals surface area contributed by atoms with Crippen molar-refractivity contribution in [3.63, 3.8) is 0 Å². The molecule has 0 saturated carbocycles. The molecule has 0 atom stereocenters. The van der Waals surface area contributed by atoms with Crippen LogP contribution in [0.2, 0.25) is 0 Å². The maximum atomic E-state index is 12.0. The van der Waals surface area contributed by atoms with Crippen molar-refractivity contribution < 1.29 is 9.59 Å². The summed E-state index contributed by atoms with van der Waals surface area (Å²) in [7, 11) is 0. The lowest BCUT2D eigenvalue weighted by Crippen LogP contribution is -2.21. The van der Waals surface area contributed by atoms with Crippen LogP contribution in [0.1, 0.15) is 20.7 Å². The molecule has 84 valence electrons. The third-order valence-electron chi connectivity index (χ3n) is 2.43. The molecular formula is C11H7N3O2S. The molecule has 0 aliphatic carbocycles. The van der Waals surface area contributed by atoms with Gasteiger partial charge < -0.3 is 0 Å². The Balaban J connectivity index is 1.95. The Hall–Kier alpha value is -2.08. The number of hydrogen-bond donors (Lipinski definition) is 1. The first-order valence-corrected chi connectivity index (χ1v) is 5.69. The molecule has 17 heavy (non-hydrogen) atoms. The molecule has 5 nitrogen and oxygen atoms in total. The van der Waals surface area contributed by atoms with Gasteiger partial charge in [0.2, 0.25) is 0 Å². The molecule has 2 heterocycles. The van der Waals surface area contributed by atoms with E-state index in [2.05, 4.69) is 10.2 Å². The molecule has 1 N–H and O–H groups in total. The zero-order chi connectivity index (χ0) is 11.8. The maximum Gasteiger partial charge on any atom is 0.272 e. The number of amides is 2. The van der Waals surface area contributed by atoms with Crippen molar-refractivity contribution in [1.29, 1.82) is 0 Å². The topological polar surface area (TPSA) is 66.1 Å². The van der Waals surface area contributed by atoms with Crippen LogP contribution in [0.4, 0.5) is 0 Å². The highest BCUT2D eigenvalue weighted by Gasteiger charge is 2.36. The fourth-order valence-corrected chi connectivity index (χ4v) is 2.42. The lowest BCUT2D eigenvalue weighted by atomic mass is 10.1. The summed E-state index contributed by atoms with van der Waals surface area (Å²) >= 11 is 1.07. The molecule has 1 aromatic heterocycles. The SMILES string of the molecule is O=C1c2ccccc2C(=O)N1Sc1cn[nH]c1. The van der Waals surface area contributed by atoms with Gasteiger partial charge in [0.05, 0.1) is 22.2 Å². The van der Waals surface area contributed by atoms with Gasteiger partial charge in [-0.1, -0.05) is 12.1 Å². The highest BCUT2D eigenvalue weighted by atomic mass is 32.2. The number of carbonyl (C=O) groups is 2. The van der Waals surface area contributed by atoms with E-state index in [0.717, 1.165) is 21.1 Å². The van der Waals surface area contributed by atoms with E-state index in [1.165, 1.54) is 0 Å². The number of aromatic amines is 1. The first kappa shape index (κ1) is 10.1. The molecular weight excluding hydrogens is 238 g/mol. The Morgan fingerprint density at radius 3 is 2.29 bits per heavy atom. The van der Waals surface area contributed by atoms with E-state index in [1.54, 1.807) is 36.7 Å². The van der Waals surface area contributed by atoms with Gasteiger partial charge in [-0.15, -0.1) is 0 Å². The minimum atomic E-state index is -0.281. The Morgan fingerprint density at radius 2 is 1.76 bits per heavy atom. The molecule has 0 bridgehead atoms. The number of imide groups is 1. The van der Waals surface area contributed by atoms with Crippen molar-refractivity contribution in [2.24, 2.45) is 0 Å². The van der Waals surface area contributed by atoms with Gasteiger partial charge in [-0.25, -0.2) is 4.31 Å². The van der Waals surface area contributed by atoms with Gasteiger partial charge in [0.1, 0.15) is 0 Å². The zero-order valence-corrected chi connectivity index (χ0v) is 9.40. The summed E-state index contributed by atoms with van der Waals surface area (Å²) in [6, 6.07) is 6.81. The number of nitrogens with one attached hydrogen (secondary N) is 1. The molecule has 0 fully saturated rings. The average molecular weight is 245 g/mol. The van der Waals surface area contributed by atoms with Crippen LogP contribution in [0.25, 0.3) is 0 Å². The Kier molecular flexibility index (Phi) is 2.22. The second-order valence-electron chi connectivity index (χ2n) is 3.48. The molecule has 1 aromatic carbocycles. The second-order valence-corrected chi connectivity index (χ2v) is 4.49. The zero-order valence-electron chi connectivity index (χ0n) is 8.58. The van der Waals surface area contributed by atoms with Crippen LogP contribution in [0.5, 0.6) is 0 Å². The van der Waals surface area contributed by atoms with Crippen LogP contribution in [0.3, 0.4) is 0 Å². The number of H-pyrrole nitrogens is 1. The summed E-state index contributed by atoms with van der Waals surface area (Å²) in [5.41, 5.74) is 0.905. The quantitative estimate of drug-likeness (QED) is 0.646. The summed E-state index contributed by atoms with van der Waals surface area (Å²) in [4.78, 5) is 24.7. The summed E-state index contributed by atoms with van der Waals surface area (Å²) in [5.74, 6) is -0.561. The van der Waals surface area contributed by atoms with Gasteiger partial charge in [0.15, 0.2) is 0 Å². The predicted octanol–water partition coefficient (Wildman–Crippen LogP) is 1.71. The highest BCUT2D eigenvalue weighted by Crippen LogP contribution is 2.31. The normalized spacial score (nSPS) is 14.2. The summed E-state index contributed by atoms with van der Waals surface area (Å²) in [6.07, 6.45) is 3.20. The molecule has 1 aliphatic heterocycles. The molecule has 6 heteroatoms. The van der Waals surface area contributed by atoms with Gasteiger partial charge in [-0.05, 0) is 12.1 Å².